The summed E-state index contributed by atoms with van der Waals surface area (Å²) < 4.78 is 1.44. The summed E-state index contributed by atoms with van der Waals surface area (Å²) in [4.78, 5) is 36.6. The van der Waals surface area contributed by atoms with E-state index in [0.717, 1.165) is 48.6 Å². The zero-order valence-corrected chi connectivity index (χ0v) is 24.6. The number of likely N-dealkylation sites (N-methyl/N-ethyl adjacent to an activating group) is 1. The van der Waals surface area contributed by atoms with Crippen molar-refractivity contribution >= 4 is 28.2 Å². The lowest BCUT2D eigenvalue weighted by Gasteiger charge is -2.34. The van der Waals surface area contributed by atoms with Crippen LogP contribution >= 0.6 is 0 Å². The molecule has 0 amide bonds. The van der Waals surface area contributed by atoms with Crippen LogP contribution in [0.2, 0.25) is 0 Å². The molecule has 44 heavy (non-hydrogen) atoms. The van der Waals surface area contributed by atoms with Gasteiger partial charge in [-0.2, -0.15) is 9.78 Å². The van der Waals surface area contributed by atoms with Gasteiger partial charge >= 0.3 is 0 Å². The van der Waals surface area contributed by atoms with E-state index >= 15 is 0 Å². The molecule has 0 radical (unpaired) electrons. The fourth-order valence-corrected chi connectivity index (χ4v) is 5.42. The van der Waals surface area contributed by atoms with E-state index in [1.54, 1.807) is 24.7 Å². The van der Waals surface area contributed by atoms with Gasteiger partial charge in [0.05, 0.1) is 11.1 Å². The van der Waals surface area contributed by atoms with Crippen LogP contribution in [0.5, 0.6) is 0 Å². The Hall–Kier alpha value is -5.48. The first-order chi connectivity index (χ1) is 21.5. The number of piperazine rings is 1. The molecule has 0 saturated carbocycles. The Morgan fingerprint density at radius 1 is 0.773 bits per heavy atom. The summed E-state index contributed by atoms with van der Waals surface area (Å²) in [5.41, 5.74) is 6.12. The molecular weight excluding hydrogens is 550 g/mol. The van der Waals surface area contributed by atoms with Gasteiger partial charge in [0.1, 0.15) is 11.2 Å². The smallest absolute Gasteiger partial charge is 0.282 e. The van der Waals surface area contributed by atoms with E-state index in [1.165, 1.54) is 10.4 Å². The van der Waals surface area contributed by atoms with Crippen molar-refractivity contribution < 1.29 is 0 Å². The molecule has 0 bridgehead atoms. The quantitative estimate of drug-likeness (QED) is 0.288. The predicted octanol–water partition coefficient (Wildman–Crippen LogP) is 5.10. The van der Waals surface area contributed by atoms with E-state index in [9.17, 15) is 4.79 Å². The molecular formula is C34H31N9O. The number of rotatable bonds is 6. The first kappa shape index (κ1) is 27.4. The van der Waals surface area contributed by atoms with Crippen LogP contribution in [-0.2, 0) is 0 Å². The van der Waals surface area contributed by atoms with Gasteiger partial charge in [-0.05, 0) is 55.9 Å². The van der Waals surface area contributed by atoms with Crippen LogP contribution in [0.25, 0.3) is 39.2 Å². The van der Waals surface area contributed by atoms with E-state index < -0.39 is 0 Å². The highest BCUT2D eigenvalue weighted by atomic mass is 16.1. The topological polar surface area (TPSA) is 105 Å². The molecule has 0 spiro atoms. The molecule has 1 saturated heterocycles. The van der Waals surface area contributed by atoms with Crippen molar-refractivity contribution in [3.63, 3.8) is 0 Å². The number of para-hydroxylation sites is 1. The van der Waals surface area contributed by atoms with Gasteiger partial charge in [0.15, 0.2) is 5.82 Å². The van der Waals surface area contributed by atoms with Crippen LogP contribution in [0.3, 0.4) is 0 Å². The SMILES string of the molecule is Cc1ccccc1-n1nc(-c2ccc(-c3ncccn3)cc2)c2nc(Nc3ccc(N4CCN(C)CC4)cc3)ncc2c1=O. The lowest BCUT2D eigenvalue weighted by atomic mass is 10.1. The summed E-state index contributed by atoms with van der Waals surface area (Å²) in [6, 6.07) is 25.5. The number of benzene rings is 3. The number of hydrogen-bond acceptors (Lipinski definition) is 9. The van der Waals surface area contributed by atoms with Crippen molar-refractivity contribution in [3.05, 3.63) is 113 Å². The minimum absolute atomic E-state index is 0.282. The number of hydrogen-bond donors (Lipinski definition) is 1. The molecule has 10 nitrogen and oxygen atoms in total. The molecule has 1 fully saturated rings. The van der Waals surface area contributed by atoms with E-state index in [4.69, 9.17) is 10.1 Å². The van der Waals surface area contributed by atoms with Crippen molar-refractivity contribution in [1.82, 2.24) is 34.6 Å². The third kappa shape index (κ3) is 5.38. The van der Waals surface area contributed by atoms with Gasteiger partial charge in [0, 0.05) is 67.3 Å². The van der Waals surface area contributed by atoms with Crippen LogP contribution in [0.15, 0.2) is 102 Å². The lowest BCUT2D eigenvalue weighted by Crippen LogP contribution is -2.44. The van der Waals surface area contributed by atoms with Crippen molar-refractivity contribution in [2.24, 2.45) is 0 Å². The summed E-state index contributed by atoms with van der Waals surface area (Å²) in [5.74, 6) is 1.02. The molecule has 7 rings (SSSR count). The van der Waals surface area contributed by atoms with Crippen LogP contribution in [-0.4, -0.2) is 67.8 Å². The molecule has 218 valence electrons. The van der Waals surface area contributed by atoms with E-state index in [1.807, 2.05) is 67.6 Å². The third-order valence-electron chi connectivity index (χ3n) is 7.95. The van der Waals surface area contributed by atoms with Gasteiger partial charge in [-0.3, -0.25) is 4.79 Å². The molecule has 0 atom stereocenters. The largest absolute Gasteiger partial charge is 0.369 e. The first-order valence-corrected chi connectivity index (χ1v) is 14.6. The molecule has 1 aliphatic rings. The molecule has 6 aromatic rings. The Kier molecular flexibility index (Phi) is 7.25. The number of aromatic nitrogens is 6. The molecule has 3 aromatic carbocycles. The van der Waals surface area contributed by atoms with Gasteiger partial charge in [-0.15, -0.1) is 0 Å². The zero-order chi connectivity index (χ0) is 30.0. The highest BCUT2D eigenvalue weighted by Gasteiger charge is 2.18. The van der Waals surface area contributed by atoms with Gasteiger partial charge in [-0.25, -0.2) is 19.9 Å². The molecule has 1 aliphatic heterocycles. The van der Waals surface area contributed by atoms with Crippen LogP contribution in [0.4, 0.5) is 17.3 Å². The van der Waals surface area contributed by atoms with Crippen molar-refractivity contribution in [2.75, 3.05) is 43.4 Å². The second-order valence-electron chi connectivity index (χ2n) is 10.9. The Labute approximate surface area is 254 Å². The predicted molar refractivity (Wildman–Crippen MR) is 174 cm³/mol. The second-order valence-corrected chi connectivity index (χ2v) is 10.9. The average molecular weight is 582 g/mol. The number of anilines is 3. The number of nitrogens with zero attached hydrogens (tertiary/aromatic N) is 8. The Morgan fingerprint density at radius 2 is 1.48 bits per heavy atom. The molecule has 10 heteroatoms. The fraction of sp³-hybridized carbons (Fsp3) is 0.176. The number of aryl methyl sites for hydroxylation is 1. The maximum Gasteiger partial charge on any atom is 0.282 e. The lowest BCUT2D eigenvalue weighted by molar-refractivity contribution is 0.313. The maximum absolute atomic E-state index is 13.8. The zero-order valence-electron chi connectivity index (χ0n) is 24.6. The summed E-state index contributed by atoms with van der Waals surface area (Å²) in [7, 11) is 2.15. The maximum atomic E-state index is 13.8. The summed E-state index contributed by atoms with van der Waals surface area (Å²) >= 11 is 0. The number of fused-ring (bicyclic) bond motifs is 1. The average Bonchev–Trinajstić information content (AvgIpc) is 3.07. The van der Waals surface area contributed by atoms with E-state index in [-0.39, 0.29) is 5.56 Å². The van der Waals surface area contributed by atoms with Gasteiger partial charge < -0.3 is 15.1 Å². The monoisotopic (exact) mass is 581 g/mol. The Bertz CT molecular complexity index is 1980. The first-order valence-electron chi connectivity index (χ1n) is 14.6. The third-order valence-corrected chi connectivity index (χ3v) is 7.95. The standard InChI is InChI=1S/C34H31N9O/c1-23-6-3-4-7-29(23)43-33(44)28-22-37-34(38-26-12-14-27(15-13-26)42-20-18-41(2)19-21-42)39-31(28)30(40-43)24-8-10-25(11-9-24)32-35-16-5-17-36-32/h3-17,22H,18-21H2,1-2H3,(H,37,38,39). The highest BCUT2D eigenvalue weighted by molar-refractivity contribution is 5.91. The van der Waals surface area contributed by atoms with E-state index in [0.29, 0.717) is 34.1 Å². The van der Waals surface area contributed by atoms with Crippen molar-refractivity contribution in [3.8, 4) is 28.3 Å². The van der Waals surface area contributed by atoms with Gasteiger partial charge in [0.25, 0.3) is 5.56 Å². The van der Waals surface area contributed by atoms with Gasteiger partial charge in [0.2, 0.25) is 5.95 Å². The molecule has 3 aromatic heterocycles. The minimum Gasteiger partial charge on any atom is -0.369 e. The highest BCUT2D eigenvalue weighted by Crippen LogP contribution is 2.28. The second kappa shape index (κ2) is 11.7. The minimum atomic E-state index is -0.282. The van der Waals surface area contributed by atoms with Crippen molar-refractivity contribution in [2.45, 2.75) is 6.92 Å². The molecule has 0 unspecified atom stereocenters. The van der Waals surface area contributed by atoms with Crippen LogP contribution < -0.4 is 15.8 Å². The fourth-order valence-electron chi connectivity index (χ4n) is 5.42. The Balaban J connectivity index is 1.28. The van der Waals surface area contributed by atoms with Crippen LogP contribution in [0, 0.1) is 6.92 Å². The summed E-state index contributed by atoms with van der Waals surface area (Å²) in [6.45, 7) is 6.07. The molecule has 0 aliphatic carbocycles. The van der Waals surface area contributed by atoms with E-state index in [2.05, 4.69) is 49.2 Å². The van der Waals surface area contributed by atoms with Gasteiger partial charge in [-0.1, -0.05) is 42.5 Å². The molecule has 4 heterocycles. The molecule has 1 N–H and O–H groups in total. The normalized spacial score (nSPS) is 13.7. The summed E-state index contributed by atoms with van der Waals surface area (Å²) in [5, 5.41) is 8.56. The van der Waals surface area contributed by atoms with Crippen molar-refractivity contribution in [1.29, 1.82) is 0 Å². The number of nitrogens with one attached hydrogen (secondary N) is 1. The van der Waals surface area contributed by atoms with Crippen LogP contribution in [0.1, 0.15) is 5.56 Å². The summed E-state index contributed by atoms with van der Waals surface area (Å²) in [6.07, 6.45) is 5.02. The Morgan fingerprint density at radius 3 is 2.20 bits per heavy atom.